The summed E-state index contributed by atoms with van der Waals surface area (Å²) in [5, 5.41) is 23.5. The monoisotopic (exact) mass is 441 g/mol. The van der Waals surface area contributed by atoms with Crippen LogP contribution in [0.25, 0.3) is 6.08 Å². The van der Waals surface area contributed by atoms with Gasteiger partial charge in [-0.15, -0.1) is 0 Å². The zero-order chi connectivity index (χ0) is 23.7. The highest BCUT2D eigenvalue weighted by Crippen LogP contribution is 2.35. The van der Waals surface area contributed by atoms with Crippen molar-refractivity contribution in [3.05, 3.63) is 57.1 Å². The number of nitrogens with zero attached hydrogens (tertiary/aromatic N) is 2. The smallest absolute Gasteiger partial charge is 0.280 e. The van der Waals surface area contributed by atoms with Crippen molar-refractivity contribution < 1.29 is 28.7 Å². The van der Waals surface area contributed by atoms with Crippen LogP contribution in [0.4, 0.5) is 5.69 Å². The van der Waals surface area contributed by atoms with Crippen molar-refractivity contribution in [2.45, 2.75) is 6.42 Å². The lowest BCUT2D eigenvalue weighted by molar-refractivity contribution is -0.385. The van der Waals surface area contributed by atoms with Crippen LogP contribution in [0.2, 0.25) is 0 Å². The highest BCUT2D eigenvalue weighted by atomic mass is 16.6. The maximum absolute atomic E-state index is 12.5. The predicted octanol–water partition coefficient (Wildman–Crippen LogP) is 2.90. The average Bonchev–Trinajstić information content (AvgIpc) is 2.81. The van der Waals surface area contributed by atoms with Gasteiger partial charge in [-0.05, 0) is 36.3 Å². The van der Waals surface area contributed by atoms with E-state index in [1.807, 2.05) is 6.07 Å². The van der Waals surface area contributed by atoms with Gasteiger partial charge in [-0.2, -0.15) is 5.26 Å². The maximum Gasteiger partial charge on any atom is 0.280 e. The van der Waals surface area contributed by atoms with Crippen LogP contribution in [0.15, 0.2) is 35.9 Å². The van der Waals surface area contributed by atoms with Gasteiger partial charge in [0, 0.05) is 6.54 Å². The van der Waals surface area contributed by atoms with Gasteiger partial charge in [0.05, 0.1) is 45.0 Å². The number of nitro benzene ring substituents is 1. The topological polar surface area (TPSA) is 133 Å². The molecule has 0 saturated carbocycles. The van der Waals surface area contributed by atoms with E-state index in [4.69, 9.17) is 18.9 Å². The van der Waals surface area contributed by atoms with Gasteiger partial charge in [-0.25, -0.2) is 0 Å². The first-order valence-electron chi connectivity index (χ1n) is 9.39. The number of methoxy groups -OCH3 is 4. The first kappa shape index (κ1) is 24.0. The summed E-state index contributed by atoms with van der Waals surface area (Å²) < 4.78 is 20.7. The van der Waals surface area contributed by atoms with Crippen molar-refractivity contribution >= 4 is 17.7 Å². The molecule has 0 saturated heterocycles. The van der Waals surface area contributed by atoms with E-state index < -0.39 is 10.8 Å². The van der Waals surface area contributed by atoms with Gasteiger partial charge in [0.15, 0.2) is 23.0 Å². The number of nitriles is 1. The van der Waals surface area contributed by atoms with Gasteiger partial charge in [0.1, 0.15) is 11.6 Å². The Balaban J connectivity index is 2.19. The molecule has 0 aromatic heterocycles. The van der Waals surface area contributed by atoms with E-state index in [-0.39, 0.29) is 34.9 Å². The zero-order valence-electron chi connectivity index (χ0n) is 18.1. The molecule has 10 nitrogen and oxygen atoms in total. The highest BCUT2D eigenvalue weighted by molar-refractivity contribution is 6.02. The molecular formula is C22H23N3O7. The summed E-state index contributed by atoms with van der Waals surface area (Å²) in [6.07, 6.45) is 1.62. The third-order valence-electron chi connectivity index (χ3n) is 4.54. The van der Waals surface area contributed by atoms with E-state index in [0.29, 0.717) is 17.9 Å². The number of rotatable bonds is 10. The molecule has 0 aliphatic rings. The van der Waals surface area contributed by atoms with Gasteiger partial charge < -0.3 is 24.3 Å². The summed E-state index contributed by atoms with van der Waals surface area (Å²) in [7, 11) is 5.80. The number of hydrogen-bond donors (Lipinski definition) is 1. The Morgan fingerprint density at radius 1 is 1.03 bits per heavy atom. The van der Waals surface area contributed by atoms with Gasteiger partial charge >= 0.3 is 0 Å². The number of benzene rings is 2. The zero-order valence-corrected chi connectivity index (χ0v) is 18.1. The molecule has 1 amide bonds. The Hall–Kier alpha value is -4.26. The van der Waals surface area contributed by atoms with E-state index in [0.717, 1.165) is 11.6 Å². The number of hydrogen-bond acceptors (Lipinski definition) is 8. The number of ether oxygens (including phenoxy) is 4. The second-order valence-electron chi connectivity index (χ2n) is 6.39. The molecule has 168 valence electrons. The minimum absolute atomic E-state index is 0.0410. The molecule has 2 aromatic carbocycles. The molecule has 2 aromatic rings. The Morgan fingerprint density at radius 2 is 1.62 bits per heavy atom. The molecule has 0 aliphatic carbocycles. The van der Waals surface area contributed by atoms with Gasteiger partial charge in [0.2, 0.25) is 0 Å². The number of nitrogens with one attached hydrogen (secondary N) is 1. The number of amides is 1. The second-order valence-corrected chi connectivity index (χ2v) is 6.39. The fourth-order valence-electron chi connectivity index (χ4n) is 2.91. The van der Waals surface area contributed by atoms with Crippen LogP contribution in [0.3, 0.4) is 0 Å². The summed E-state index contributed by atoms with van der Waals surface area (Å²) >= 11 is 0. The van der Waals surface area contributed by atoms with Crippen LogP contribution in [-0.2, 0) is 11.2 Å². The minimum atomic E-state index is -0.656. The number of nitro groups is 1. The van der Waals surface area contributed by atoms with Crippen LogP contribution in [0.1, 0.15) is 11.1 Å². The largest absolute Gasteiger partial charge is 0.493 e. The van der Waals surface area contributed by atoms with Crippen LogP contribution >= 0.6 is 0 Å². The quantitative estimate of drug-likeness (QED) is 0.258. The maximum atomic E-state index is 12.5. The fraction of sp³-hybridized carbons (Fsp3) is 0.273. The lowest BCUT2D eigenvalue weighted by atomic mass is 10.1. The van der Waals surface area contributed by atoms with Crippen LogP contribution in [0.5, 0.6) is 23.0 Å². The van der Waals surface area contributed by atoms with Crippen molar-refractivity contribution in [3.8, 4) is 29.1 Å². The van der Waals surface area contributed by atoms with E-state index in [2.05, 4.69) is 5.32 Å². The molecule has 10 heteroatoms. The van der Waals surface area contributed by atoms with Crippen LogP contribution < -0.4 is 24.3 Å². The summed E-state index contributed by atoms with van der Waals surface area (Å²) in [6, 6.07) is 9.68. The third-order valence-corrected chi connectivity index (χ3v) is 4.54. The number of carbonyl (C=O) groups excluding carboxylic acids is 1. The molecule has 0 aliphatic heterocycles. The molecule has 32 heavy (non-hydrogen) atoms. The average molecular weight is 441 g/mol. The van der Waals surface area contributed by atoms with Gasteiger partial charge in [-0.3, -0.25) is 14.9 Å². The molecule has 0 heterocycles. The summed E-state index contributed by atoms with van der Waals surface area (Å²) in [6.45, 7) is 0.237. The van der Waals surface area contributed by atoms with Crippen molar-refractivity contribution in [2.75, 3.05) is 35.0 Å². The van der Waals surface area contributed by atoms with Gasteiger partial charge in [-0.1, -0.05) is 6.07 Å². The Morgan fingerprint density at radius 3 is 2.19 bits per heavy atom. The predicted molar refractivity (Wildman–Crippen MR) is 116 cm³/mol. The van der Waals surface area contributed by atoms with Crippen molar-refractivity contribution in [3.63, 3.8) is 0 Å². The molecule has 0 radical (unpaired) electrons. The Bertz CT molecular complexity index is 1070. The van der Waals surface area contributed by atoms with Crippen LogP contribution in [0, 0.1) is 21.4 Å². The summed E-state index contributed by atoms with van der Waals surface area (Å²) in [5.74, 6) is 0.892. The molecule has 2 rings (SSSR count). The highest BCUT2D eigenvalue weighted by Gasteiger charge is 2.20. The lowest BCUT2D eigenvalue weighted by Gasteiger charge is -2.10. The number of carbonyl (C=O) groups is 1. The Labute approximate surface area is 185 Å². The van der Waals surface area contributed by atoms with Gasteiger partial charge in [0.25, 0.3) is 11.6 Å². The first-order chi connectivity index (χ1) is 15.4. The molecule has 0 atom stereocenters. The summed E-state index contributed by atoms with van der Waals surface area (Å²) in [4.78, 5) is 23.3. The SMILES string of the molecule is COc1ccc(CCNC(=O)C(C#N)=Cc2cc(OC)c(OC)cc2[N+](=O)[O-])cc1OC. The molecule has 0 spiro atoms. The van der Waals surface area contributed by atoms with E-state index >= 15 is 0 Å². The van der Waals surface area contributed by atoms with Crippen molar-refractivity contribution in [2.24, 2.45) is 0 Å². The van der Waals surface area contributed by atoms with E-state index in [1.165, 1.54) is 40.6 Å². The molecule has 0 fully saturated rings. The van der Waals surface area contributed by atoms with Crippen molar-refractivity contribution in [1.82, 2.24) is 5.32 Å². The normalized spacial score (nSPS) is 10.7. The van der Waals surface area contributed by atoms with E-state index in [9.17, 15) is 20.2 Å². The molecular weight excluding hydrogens is 418 g/mol. The first-order valence-corrected chi connectivity index (χ1v) is 9.39. The fourth-order valence-corrected chi connectivity index (χ4v) is 2.91. The molecule has 0 unspecified atom stereocenters. The summed E-state index contributed by atoms with van der Waals surface area (Å²) in [5.41, 5.74) is 0.321. The van der Waals surface area contributed by atoms with E-state index in [1.54, 1.807) is 18.2 Å². The van der Waals surface area contributed by atoms with Crippen molar-refractivity contribution in [1.29, 1.82) is 5.26 Å². The third kappa shape index (κ3) is 5.66. The standard InChI is InChI=1S/C22H23N3O7/c1-29-18-6-5-14(9-19(18)30-2)7-8-24-22(26)16(13-23)10-15-11-20(31-3)21(32-4)12-17(15)25(27)28/h5-6,9-12H,7-8H2,1-4H3,(H,24,26). The van der Waals surface area contributed by atoms with Crippen LogP contribution in [-0.4, -0.2) is 45.8 Å². The molecule has 1 N–H and O–H groups in total. The Kier molecular flexibility index (Phi) is 8.42. The lowest BCUT2D eigenvalue weighted by Crippen LogP contribution is -2.26. The second kappa shape index (κ2) is 11.2. The minimum Gasteiger partial charge on any atom is -0.493 e. The molecule has 0 bridgehead atoms.